The number of carbonyl (C=O) groups excluding carboxylic acids is 4. The van der Waals surface area contributed by atoms with Crippen molar-refractivity contribution in [3.63, 3.8) is 0 Å². The van der Waals surface area contributed by atoms with Gasteiger partial charge in [-0.1, -0.05) is 75.9 Å². The first-order valence-electron chi connectivity index (χ1n) is 19.8. The van der Waals surface area contributed by atoms with Gasteiger partial charge >= 0.3 is 5.97 Å². The van der Waals surface area contributed by atoms with Crippen LogP contribution in [0.15, 0.2) is 54.6 Å². The Morgan fingerprint density at radius 1 is 0.964 bits per heavy atom. The molecule has 0 aromatic heterocycles. The fourth-order valence-electron chi connectivity index (χ4n) is 8.46. The summed E-state index contributed by atoms with van der Waals surface area (Å²) in [5.41, 5.74) is 1.27. The van der Waals surface area contributed by atoms with Crippen molar-refractivity contribution in [3.8, 4) is 0 Å². The van der Waals surface area contributed by atoms with E-state index in [0.29, 0.717) is 24.0 Å². The number of unbranched alkanes of at least 4 members (excludes halogenated alkanes) is 4. The molecule has 2 unspecified atom stereocenters. The standard InChI is InChI=1S/C42H56N4O9/c1-5-7-11-20-41(21-12-8-6-2)53-34-32-25-42(40(51)44-26-28-14-13-17-30(24-28)38(49)43-22-23-47)36(39(50)52-32)46(55-37(42)35(34)54-41)27-31-16-10-9-15-29(31)18-19-33(48)45(3)4/h9-10,13-19,24,32,34-37,47H,5-8,11-12,20-23,25-27H2,1-4H3,(H,43,49)(H,44,51)/t32?,34-,35-,36-,37+,42?/m0/s1. The Morgan fingerprint density at radius 3 is 2.40 bits per heavy atom. The predicted octanol–water partition coefficient (Wildman–Crippen LogP) is 4.27. The molecule has 3 saturated heterocycles. The van der Waals surface area contributed by atoms with Crippen molar-refractivity contribution >= 4 is 29.8 Å². The number of nitrogens with zero attached hydrogens (tertiary/aromatic N) is 2. The monoisotopic (exact) mass is 760 g/mol. The van der Waals surface area contributed by atoms with Gasteiger partial charge in [0, 0.05) is 58.1 Å². The van der Waals surface area contributed by atoms with Gasteiger partial charge in [0.2, 0.25) is 11.8 Å². The molecule has 2 bridgehead atoms. The number of benzene rings is 2. The summed E-state index contributed by atoms with van der Waals surface area (Å²) in [6.07, 6.45) is 7.87. The summed E-state index contributed by atoms with van der Waals surface area (Å²) in [7, 11) is 3.36. The molecule has 0 spiro atoms. The molecule has 4 aliphatic rings. The van der Waals surface area contributed by atoms with Crippen molar-refractivity contribution in [1.29, 1.82) is 0 Å². The van der Waals surface area contributed by atoms with Crippen molar-refractivity contribution in [1.82, 2.24) is 20.6 Å². The van der Waals surface area contributed by atoms with Gasteiger partial charge in [-0.3, -0.25) is 24.0 Å². The normalized spacial score (nSPS) is 26.4. The minimum absolute atomic E-state index is 0.0951. The average Bonchev–Trinajstić information content (AvgIpc) is 3.74. The minimum Gasteiger partial charge on any atom is -0.458 e. The Balaban J connectivity index is 1.34. The fourth-order valence-corrected chi connectivity index (χ4v) is 8.46. The molecule has 6 rings (SSSR count). The topological polar surface area (TPSA) is 156 Å². The molecule has 3 amide bonds. The number of ether oxygens (including phenoxy) is 3. The molecule has 55 heavy (non-hydrogen) atoms. The van der Waals surface area contributed by atoms with Crippen LogP contribution in [0.25, 0.3) is 6.08 Å². The summed E-state index contributed by atoms with van der Waals surface area (Å²) in [4.78, 5) is 62.5. The number of hydrogen-bond donors (Lipinski definition) is 3. The van der Waals surface area contributed by atoms with E-state index < -0.39 is 47.6 Å². The lowest BCUT2D eigenvalue weighted by Gasteiger charge is -2.48. The molecule has 1 saturated carbocycles. The maximum absolute atomic E-state index is 14.9. The Labute approximate surface area is 323 Å². The number of rotatable bonds is 18. The van der Waals surface area contributed by atoms with Crippen LogP contribution in [0.1, 0.15) is 98.7 Å². The van der Waals surface area contributed by atoms with Gasteiger partial charge in [-0.2, -0.15) is 5.06 Å². The van der Waals surface area contributed by atoms with Crippen molar-refractivity contribution in [2.75, 3.05) is 27.2 Å². The van der Waals surface area contributed by atoms with E-state index in [-0.39, 0.29) is 50.4 Å². The molecule has 1 aliphatic carbocycles. The SMILES string of the molecule is CCCCCC1(CCCCC)O[C@@H]2[C@H]3ON(Cc4ccccc4C=CC(=O)N(C)C)[C@H]4C(=O)OC(CC34C(=O)NCc3cccc(C(=O)NCCO)c3)[C@@H]2O1. The maximum atomic E-state index is 14.9. The molecule has 13 nitrogen and oxygen atoms in total. The first-order valence-corrected chi connectivity index (χ1v) is 19.8. The Kier molecular flexibility index (Phi) is 13.1. The van der Waals surface area contributed by atoms with E-state index in [4.69, 9.17) is 24.2 Å². The second-order valence-corrected chi connectivity index (χ2v) is 15.3. The maximum Gasteiger partial charge on any atom is 0.327 e. The highest BCUT2D eigenvalue weighted by Crippen LogP contribution is 2.58. The van der Waals surface area contributed by atoms with Crippen LogP contribution < -0.4 is 10.6 Å². The number of aliphatic hydroxyl groups excluding tert-OH is 1. The second kappa shape index (κ2) is 17.8. The molecule has 3 heterocycles. The number of aliphatic hydroxyl groups is 1. The van der Waals surface area contributed by atoms with Crippen LogP contribution >= 0.6 is 0 Å². The van der Waals surface area contributed by atoms with Crippen LogP contribution in [0.3, 0.4) is 0 Å². The first kappa shape index (κ1) is 40.5. The summed E-state index contributed by atoms with van der Waals surface area (Å²) in [5.74, 6) is -2.33. The van der Waals surface area contributed by atoms with E-state index in [9.17, 15) is 19.2 Å². The first-order chi connectivity index (χ1) is 26.6. The number of nitrogens with one attached hydrogen (secondary N) is 2. The van der Waals surface area contributed by atoms with E-state index in [1.54, 1.807) is 43.4 Å². The van der Waals surface area contributed by atoms with Gasteiger partial charge in [0.05, 0.1) is 13.2 Å². The molecule has 4 fully saturated rings. The number of esters is 1. The van der Waals surface area contributed by atoms with Gasteiger partial charge in [0.15, 0.2) is 11.8 Å². The number of fused-ring (bicyclic) bond motifs is 4. The summed E-state index contributed by atoms with van der Waals surface area (Å²) >= 11 is 0. The molecular weight excluding hydrogens is 704 g/mol. The van der Waals surface area contributed by atoms with Gasteiger partial charge in [-0.05, 0) is 47.7 Å². The highest BCUT2D eigenvalue weighted by atomic mass is 16.8. The predicted molar refractivity (Wildman–Crippen MR) is 204 cm³/mol. The molecule has 13 heteroatoms. The van der Waals surface area contributed by atoms with Crippen LogP contribution in [-0.4, -0.2) is 102 Å². The molecule has 298 valence electrons. The summed E-state index contributed by atoms with van der Waals surface area (Å²) in [6.45, 7) is 4.48. The average molecular weight is 761 g/mol. The van der Waals surface area contributed by atoms with E-state index in [2.05, 4.69) is 24.5 Å². The van der Waals surface area contributed by atoms with Crippen LogP contribution in [-0.2, 0) is 46.5 Å². The smallest absolute Gasteiger partial charge is 0.327 e. The lowest BCUT2D eigenvalue weighted by molar-refractivity contribution is -0.224. The molecule has 0 radical (unpaired) electrons. The van der Waals surface area contributed by atoms with Gasteiger partial charge in [-0.25, -0.2) is 0 Å². The van der Waals surface area contributed by atoms with E-state index in [1.165, 1.54) is 11.0 Å². The van der Waals surface area contributed by atoms with E-state index in [1.807, 2.05) is 30.3 Å². The summed E-state index contributed by atoms with van der Waals surface area (Å²) in [5, 5.41) is 16.5. The lowest BCUT2D eigenvalue weighted by Crippen LogP contribution is -2.69. The molecule has 3 N–H and O–H groups in total. The van der Waals surface area contributed by atoms with Crippen molar-refractivity contribution < 1.29 is 43.3 Å². The molecule has 2 aromatic carbocycles. The molecular formula is C42H56N4O9. The molecule has 3 aliphatic heterocycles. The van der Waals surface area contributed by atoms with Crippen molar-refractivity contribution in [2.45, 2.75) is 121 Å². The summed E-state index contributed by atoms with van der Waals surface area (Å²) in [6, 6.07) is 13.4. The van der Waals surface area contributed by atoms with E-state index in [0.717, 1.165) is 49.7 Å². The number of likely N-dealkylation sites (N-methyl/N-ethyl adjacent to an activating group) is 1. The number of carbonyl (C=O) groups is 4. The van der Waals surface area contributed by atoms with Crippen LogP contribution in [0.4, 0.5) is 0 Å². The highest BCUT2D eigenvalue weighted by molar-refractivity contribution is 5.95. The number of hydrogen-bond acceptors (Lipinski definition) is 10. The fraction of sp³-hybridized carbons (Fsp3) is 0.571. The minimum atomic E-state index is -1.38. The van der Waals surface area contributed by atoms with E-state index >= 15 is 0 Å². The van der Waals surface area contributed by atoms with Gasteiger partial charge in [0.25, 0.3) is 5.91 Å². The number of amides is 3. The van der Waals surface area contributed by atoms with Crippen LogP contribution in [0.2, 0.25) is 0 Å². The number of hydroxylamine groups is 2. The van der Waals surface area contributed by atoms with Gasteiger partial charge in [-0.15, -0.1) is 0 Å². The van der Waals surface area contributed by atoms with Gasteiger partial charge < -0.3 is 34.9 Å². The molecule has 6 atom stereocenters. The Hall–Kier alpha value is -4.14. The third-order valence-corrected chi connectivity index (χ3v) is 11.3. The third kappa shape index (κ3) is 8.51. The zero-order valence-electron chi connectivity index (χ0n) is 32.5. The van der Waals surface area contributed by atoms with Crippen LogP contribution in [0.5, 0.6) is 0 Å². The lowest BCUT2D eigenvalue weighted by atomic mass is 9.62. The zero-order valence-corrected chi connectivity index (χ0v) is 32.5. The second-order valence-electron chi connectivity index (χ2n) is 15.3. The Bertz CT molecular complexity index is 1720. The third-order valence-electron chi connectivity index (χ3n) is 11.3. The zero-order chi connectivity index (χ0) is 39.2. The largest absolute Gasteiger partial charge is 0.458 e. The van der Waals surface area contributed by atoms with Crippen molar-refractivity contribution in [2.24, 2.45) is 5.41 Å². The van der Waals surface area contributed by atoms with Crippen LogP contribution in [0, 0.1) is 5.41 Å². The van der Waals surface area contributed by atoms with Crippen molar-refractivity contribution in [3.05, 3.63) is 76.9 Å². The Morgan fingerprint density at radius 2 is 1.69 bits per heavy atom. The highest BCUT2D eigenvalue weighted by Gasteiger charge is 2.76. The van der Waals surface area contributed by atoms with Gasteiger partial charge in [0.1, 0.15) is 29.8 Å². The molecule has 2 aromatic rings. The summed E-state index contributed by atoms with van der Waals surface area (Å²) < 4.78 is 20.1. The quantitative estimate of drug-likeness (QED) is 0.114.